The second-order valence-corrected chi connectivity index (χ2v) is 6.02. The van der Waals surface area contributed by atoms with Gasteiger partial charge in [0.25, 0.3) is 0 Å². The molecule has 1 aliphatic heterocycles. The number of hydrogen-bond donors (Lipinski definition) is 2. The third-order valence-electron chi connectivity index (χ3n) is 4.51. The zero-order valence-corrected chi connectivity index (χ0v) is 14.8. The van der Waals surface area contributed by atoms with Crippen LogP contribution in [0, 0.1) is 0 Å². The minimum atomic E-state index is -0.653. The quantitative estimate of drug-likeness (QED) is 0.556. The van der Waals surface area contributed by atoms with E-state index in [-0.39, 0.29) is 5.41 Å². The lowest BCUT2D eigenvalue weighted by molar-refractivity contribution is -0.139. The second kappa shape index (κ2) is 9.39. The number of para-hydroxylation sites is 1. The van der Waals surface area contributed by atoms with Gasteiger partial charge in [0.15, 0.2) is 0 Å². The number of benzene rings is 1. The second-order valence-electron chi connectivity index (χ2n) is 6.02. The van der Waals surface area contributed by atoms with Gasteiger partial charge in [-0.1, -0.05) is 18.2 Å². The zero-order chi connectivity index (χ0) is 18.1. The highest BCUT2D eigenvalue weighted by Gasteiger charge is 2.37. The highest BCUT2D eigenvalue weighted by molar-refractivity contribution is 6.35. The van der Waals surface area contributed by atoms with Gasteiger partial charge < -0.3 is 24.8 Å². The van der Waals surface area contributed by atoms with Gasteiger partial charge in [0.2, 0.25) is 0 Å². The fraction of sp³-hybridized carbons (Fsp3) is 0.556. The van der Waals surface area contributed by atoms with E-state index >= 15 is 0 Å². The third-order valence-corrected chi connectivity index (χ3v) is 4.51. The van der Waals surface area contributed by atoms with Crippen LogP contribution in [0.3, 0.4) is 0 Å². The van der Waals surface area contributed by atoms with Gasteiger partial charge in [-0.3, -0.25) is 9.59 Å². The molecular weight excluding hydrogens is 324 g/mol. The molecule has 0 radical (unpaired) electrons. The highest BCUT2D eigenvalue weighted by atomic mass is 16.5. The van der Waals surface area contributed by atoms with Crippen LogP contribution in [0.5, 0.6) is 5.75 Å². The van der Waals surface area contributed by atoms with Gasteiger partial charge in [-0.2, -0.15) is 0 Å². The fourth-order valence-corrected chi connectivity index (χ4v) is 3.06. The van der Waals surface area contributed by atoms with Crippen LogP contribution < -0.4 is 15.4 Å². The van der Waals surface area contributed by atoms with Gasteiger partial charge in [-0.25, -0.2) is 0 Å². The normalized spacial score (nSPS) is 16.1. The fourth-order valence-electron chi connectivity index (χ4n) is 3.06. The van der Waals surface area contributed by atoms with Gasteiger partial charge >= 0.3 is 11.8 Å². The Labute approximate surface area is 148 Å². The Hall–Kier alpha value is -2.12. The molecule has 0 atom stereocenters. The Morgan fingerprint density at radius 1 is 1.12 bits per heavy atom. The van der Waals surface area contributed by atoms with Crippen molar-refractivity contribution in [3.8, 4) is 5.75 Å². The smallest absolute Gasteiger partial charge is 0.309 e. The summed E-state index contributed by atoms with van der Waals surface area (Å²) in [6.45, 7) is 2.23. The summed E-state index contributed by atoms with van der Waals surface area (Å²) >= 11 is 0. The van der Waals surface area contributed by atoms with Crippen LogP contribution in [0.4, 0.5) is 0 Å². The first-order valence-electron chi connectivity index (χ1n) is 8.39. The molecule has 1 saturated heterocycles. The average molecular weight is 350 g/mol. The Balaban J connectivity index is 2.08. The molecule has 0 saturated carbocycles. The summed E-state index contributed by atoms with van der Waals surface area (Å²) in [4.78, 5) is 23.9. The molecule has 2 N–H and O–H groups in total. The van der Waals surface area contributed by atoms with Gasteiger partial charge in [-0.05, 0) is 18.9 Å². The van der Waals surface area contributed by atoms with Gasteiger partial charge in [0.1, 0.15) is 5.75 Å². The molecule has 0 bridgehead atoms. The minimum absolute atomic E-state index is 0.300. The molecule has 25 heavy (non-hydrogen) atoms. The Kier molecular flexibility index (Phi) is 7.21. The van der Waals surface area contributed by atoms with Crippen LogP contribution in [0.1, 0.15) is 18.4 Å². The van der Waals surface area contributed by atoms with Crippen molar-refractivity contribution in [2.45, 2.75) is 18.3 Å². The number of rotatable bonds is 7. The third kappa shape index (κ3) is 4.93. The summed E-state index contributed by atoms with van der Waals surface area (Å²) < 4.78 is 15.8. The number of amides is 2. The number of methoxy groups -OCH3 is 2. The summed E-state index contributed by atoms with van der Waals surface area (Å²) in [5.74, 6) is -0.514. The number of carbonyl (C=O) groups excluding carboxylic acids is 2. The zero-order valence-electron chi connectivity index (χ0n) is 14.8. The lowest BCUT2D eigenvalue weighted by atomic mass is 9.73. The van der Waals surface area contributed by atoms with Crippen LogP contribution in [-0.2, 0) is 24.5 Å². The van der Waals surface area contributed by atoms with Crippen molar-refractivity contribution in [1.29, 1.82) is 0 Å². The predicted molar refractivity (Wildman–Crippen MR) is 92.6 cm³/mol. The van der Waals surface area contributed by atoms with E-state index in [2.05, 4.69) is 10.6 Å². The number of nitrogens with one attached hydrogen (secondary N) is 2. The van der Waals surface area contributed by atoms with E-state index in [0.717, 1.165) is 24.2 Å². The minimum Gasteiger partial charge on any atom is -0.496 e. The maximum absolute atomic E-state index is 12.1. The van der Waals surface area contributed by atoms with E-state index in [4.69, 9.17) is 14.2 Å². The van der Waals surface area contributed by atoms with E-state index in [0.29, 0.717) is 32.9 Å². The van der Waals surface area contributed by atoms with Crippen molar-refractivity contribution in [2.24, 2.45) is 0 Å². The molecule has 0 spiro atoms. The van der Waals surface area contributed by atoms with E-state index in [1.54, 1.807) is 7.11 Å². The number of carbonyl (C=O) groups is 2. The largest absolute Gasteiger partial charge is 0.496 e. The molecule has 2 amide bonds. The maximum Gasteiger partial charge on any atom is 0.309 e. The van der Waals surface area contributed by atoms with Crippen LogP contribution in [0.25, 0.3) is 0 Å². The van der Waals surface area contributed by atoms with Crippen molar-refractivity contribution >= 4 is 11.8 Å². The van der Waals surface area contributed by atoms with E-state index in [9.17, 15) is 9.59 Å². The number of hydrogen-bond acceptors (Lipinski definition) is 5. The van der Waals surface area contributed by atoms with E-state index in [1.807, 2.05) is 24.3 Å². The monoisotopic (exact) mass is 350 g/mol. The SMILES string of the molecule is COCCNC(=O)C(=O)NCC1(c2ccccc2OC)CCOCC1. The Bertz CT molecular complexity index is 585. The molecular formula is C18H26N2O5. The molecule has 0 aromatic heterocycles. The maximum atomic E-state index is 12.1. The van der Waals surface area contributed by atoms with Crippen LogP contribution in [0.15, 0.2) is 24.3 Å². The van der Waals surface area contributed by atoms with Crippen LogP contribution in [0.2, 0.25) is 0 Å². The molecule has 138 valence electrons. The van der Waals surface area contributed by atoms with Crippen molar-refractivity contribution in [3.63, 3.8) is 0 Å². The molecule has 1 aromatic rings. The van der Waals surface area contributed by atoms with Gasteiger partial charge in [0, 0.05) is 44.4 Å². The molecule has 1 heterocycles. The Morgan fingerprint density at radius 3 is 2.48 bits per heavy atom. The van der Waals surface area contributed by atoms with Gasteiger partial charge in [0.05, 0.1) is 13.7 Å². The molecule has 1 aromatic carbocycles. The highest BCUT2D eigenvalue weighted by Crippen LogP contribution is 2.39. The van der Waals surface area contributed by atoms with Gasteiger partial charge in [-0.15, -0.1) is 0 Å². The Morgan fingerprint density at radius 2 is 1.80 bits per heavy atom. The molecule has 0 aliphatic carbocycles. The standard InChI is InChI=1S/C18H26N2O5/c1-23-12-9-19-16(21)17(22)20-13-18(7-10-25-11-8-18)14-5-3-4-6-15(14)24-2/h3-6H,7-13H2,1-2H3,(H,19,21)(H,20,22). The first-order chi connectivity index (χ1) is 12.1. The summed E-state index contributed by atoms with van der Waals surface area (Å²) in [5.41, 5.74) is 0.716. The first-order valence-corrected chi connectivity index (χ1v) is 8.39. The molecule has 7 heteroatoms. The first kappa shape index (κ1) is 19.2. The van der Waals surface area contributed by atoms with Crippen LogP contribution >= 0.6 is 0 Å². The predicted octanol–water partition coefficient (Wildman–Crippen LogP) is 0.622. The lowest BCUT2D eigenvalue weighted by Gasteiger charge is -2.38. The van der Waals surface area contributed by atoms with Crippen LogP contribution in [-0.4, -0.2) is 58.9 Å². The summed E-state index contributed by atoms with van der Waals surface area (Å²) in [6, 6.07) is 7.78. The molecule has 2 rings (SSSR count). The molecule has 0 unspecified atom stereocenters. The van der Waals surface area contributed by atoms with E-state index in [1.165, 1.54) is 7.11 Å². The van der Waals surface area contributed by atoms with Crippen molar-refractivity contribution in [3.05, 3.63) is 29.8 Å². The summed E-state index contributed by atoms with van der Waals surface area (Å²) in [7, 11) is 3.17. The van der Waals surface area contributed by atoms with Crippen molar-refractivity contribution in [1.82, 2.24) is 10.6 Å². The summed E-state index contributed by atoms with van der Waals surface area (Å²) in [5, 5.41) is 5.29. The van der Waals surface area contributed by atoms with Crippen molar-refractivity contribution in [2.75, 3.05) is 47.1 Å². The molecule has 1 aliphatic rings. The average Bonchev–Trinajstić information content (AvgIpc) is 2.67. The lowest BCUT2D eigenvalue weighted by Crippen LogP contribution is -2.48. The summed E-state index contributed by atoms with van der Waals surface area (Å²) in [6.07, 6.45) is 1.50. The van der Waals surface area contributed by atoms with Crippen molar-refractivity contribution < 1.29 is 23.8 Å². The molecule has 7 nitrogen and oxygen atoms in total. The topological polar surface area (TPSA) is 85.9 Å². The number of ether oxygens (including phenoxy) is 3. The molecule has 1 fully saturated rings. The van der Waals surface area contributed by atoms with E-state index < -0.39 is 11.8 Å².